The molecular weight excluding hydrogens is 318 g/mol. The van der Waals surface area contributed by atoms with E-state index in [2.05, 4.69) is 22.6 Å². The topological polar surface area (TPSA) is 36.5 Å². The molecule has 0 bridgehead atoms. The number of nitrogens with one attached hydrogen (secondary N) is 2. The van der Waals surface area contributed by atoms with E-state index in [1.807, 2.05) is 54.6 Å². The van der Waals surface area contributed by atoms with Crippen molar-refractivity contribution in [3.63, 3.8) is 0 Å². The predicted octanol–water partition coefficient (Wildman–Crippen LogP) is 3.97. The summed E-state index contributed by atoms with van der Waals surface area (Å²) in [6.07, 6.45) is 2.49. The third-order valence-electron chi connectivity index (χ3n) is 4.11. The highest BCUT2D eigenvalue weighted by atomic mass is 32.1. The molecule has 2 aromatic rings. The van der Waals surface area contributed by atoms with Gasteiger partial charge >= 0.3 is 0 Å². The number of benzene rings is 2. The van der Waals surface area contributed by atoms with Crippen LogP contribution >= 0.6 is 12.2 Å². The summed E-state index contributed by atoms with van der Waals surface area (Å²) < 4.78 is 6.06. The highest BCUT2D eigenvalue weighted by Crippen LogP contribution is 2.21. The average Bonchev–Trinajstić information content (AvgIpc) is 2.59. The van der Waals surface area contributed by atoms with Gasteiger partial charge in [0.25, 0.3) is 0 Å². The van der Waals surface area contributed by atoms with Crippen molar-refractivity contribution in [3.8, 4) is 5.75 Å². The van der Waals surface area contributed by atoms with Crippen molar-refractivity contribution in [2.75, 3.05) is 30.8 Å². The lowest BCUT2D eigenvalue weighted by molar-refractivity contribution is 0.114. The molecular formula is C19H23N3OS. The number of anilines is 2. The third kappa shape index (κ3) is 4.94. The maximum Gasteiger partial charge on any atom is 0.175 e. The second-order valence-electron chi connectivity index (χ2n) is 6.09. The maximum absolute atomic E-state index is 6.06. The van der Waals surface area contributed by atoms with Gasteiger partial charge in [-0.2, -0.15) is 0 Å². The Morgan fingerprint density at radius 3 is 2.17 bits per heavy atom. The van der Waals surface area contributed by atoms with Crippen LogP contribution in [-0.4, -0.2) is 36.3 Å². The molecule has 2 aromatic carbocycles. The highest BCUT2D eigenvalue weighted by molar-refractivity contribution is 7.80. The summed E-state index contributed by atoms with van der Waals surface area (Å²) in [5.41, 5.74) is 1.91. The van der Waals surface area contributed by atoms with Crippen LogP contribution in [0.1, 0.15) is 12.8 Å². The van der Waals surface area contributed by atoms with Crippen molar-refractivity contribution in [2.24, 2.45) is 0 Å². The lowest BCUT2D eigenvalue weighted by atomic mass is 10.1. The summed E-state index contributed by atoms with van der Waals surface area (Å²) >= 11 is 5.33. The molecule has 0 amide bonds. The molecule has 0 unspecified atom stereocenters. The molecule has 1 aliphatic rings. The number of para-hydroxylation sites is 1. The Morgan fingerprint density at radius 1 is 0.958 bits per heavy atom. The van der Waals surface area contributed by atoms with Gasteiger partial charge in [-0.1, -0.05) is 18.2 Å². The Morgan fingerprint density at radius 2 is 1.54 bits per heavy atom. The summed E-state index contributed by atoms with van der Waals surface area (Å²) in [7, 11) is 2.16. The van der Waals surface area contributed by atoms with Gasteiger partial charge < -0.3 is 20.3 Å². The summed E-state index contributed by atoms with van der Waals surface area (Å²) in [4.78, 5) is 2.34. The lowest BCUT2D eigenvalue weighted by Gasteiger charge is -2.29. The fourth-order valence-corrected chi connectivity index (χ4v) is 2.96. The van der Waals surface area contributed by atoms with Gasteiger partial charge in [0.15, 0.2) is 5.11 Å². The average molecular weight is 341 g/mol. The molecule has 4 nitrogen and oxygen atoms in total. The SMILES string of the molecule is CN1CCC(Oc2ccc(NC(=S)Nc3ccccc3)cc2)CC1. The Balaban J connectivity index is 1.50. The highest BCUT2D eigenvalue weighted by Gasteiger charge is 2.17. The first-order valence-electron chi connectivity index (χ1n) is 8.27. The van der Waals surface area contributed by atoms with E-state index in [-0.39, 0.29) is 0 Å². The van der Waals surface area contributed by atoms with E-state index in [0.717, 1.165) is 43.1 Å². The maximum atomic E-state index is 6.06. The molecule has 2 N–H and O–H groups in total. The van der Waals surface area contributed by atoms with E-state index in [1.165, 1.54) is 0 Å². The number of rotatable bonds is 4. The zero-order chi connectivity index (χ0) is 16.8. The Kier molecular flexibility index (Phi) is 5.67. The van der Waals surface area contributed by atoms with Crippen LogP contribution in [0, 0.1) is 0 Å². The molecule has 24 heavy (non-hydrogen) atoms. The van der Waals surface area contributed by atoms with Gasteiger partial charge in [0.2, 0.25) is 0 Å². The molecule has 1 saturated heterocycles. The van der Waals surface area contributed by atoms with Crippen LogP contribution < -0.4 is 15.4 Å². The minimum absolute atomic E-state index is 0.320. The molecule has 3 rings (SSSR count). The second kappa shape index (κ2) is 8.13. The van der Waals surface area contributed by atoms with Crippen molar-refractivity contribution in [2.45, 2.75) is 18.9 Å². The van der Waals surface area contributed by atoms with Gasteiger partial charge in [0.05, 0.1) is 0 Å². The molecule has 0 aliphatic carbocycles. The minimum atomic E-state index is 0.320. The van der Waals surface area contributed by atoms with Crippen LogP contribution in [0.15, 0.2) is 54.6 Å². The molecule has 5 heteroatoms. The fourth-order valence-electron chi connectivity index (χ4n) is 2.73. The number of piperidine rings is 1. The molecule has 1 fully saturated rings. The van der Waals surface area contributed by atoms with Gasteiger partial charge in [-0.15, -0.1) is 0 Å². The Hall–Kier alpha value is -2.11. The van der Waals surface area contributed by atoms with E-state index in [0.29, 0.717) is 11.2 Å². The minimum Gasteiger partial charge on any atom is -0.490 e. The van der Waals surface area contributed by atoms with Crippen LogP contribution in [0.5, 0.6) is 5.75 Å². The van der Waals surface area contributed by atoms with E-state index >= 15 is 0 Å². The number of ether oxygens (including phenoxy) is 1. The van der Waals surface area contributed by atoms with Gasteiger partial charge in [-0.3, -0.25) is 0 Å². The zero-order valence-electron chi connectivity index (χ0n) is 13.9. The van der Waals surface area contributed by atoms with E-state index in [9.17, 15) is 0 Å². The Bertz CT molecular complexity index is 652. The number of thiocarbonyl (C=S) groups is 1. The van der Waals surface area contributed by atoms with Crippen LogP contribution in [0.25, 0.3) is 0 Å². The van der Waals surface area contributed by atoms with Crippen molar-refractivity contribution in [3.05, 3.63) is 54.6 Å². The van der Waals surface area contributed by atoms with Crippen LogP contribution in [0.4, 0.5) is 11.4 Å². The zero-order valence-corrected chi connectivity index (χ0v) is 14.7. The predicted molar refractivity (Wildman–Crippen MR) is 104 cm³/mol. The van der Waals surface area contributed by atoms with E-state index < -0.39 is 0 Å². The first-order chi connectivity index (χ1) is 11.7. The summed E-state index contributed by atoms with van der Waals surface area (Å²) in [6, 6.07) is 17.8. The molecule has 0 atom stereocenters. The smallest absolute Gasteiger partial charge is 0.175 e. The summed E-state index contributed by atoms with van der Waals surface area (Å²) in [5.74, 6) is 0.914. The number of hydrogen-bond donors (Lipinski definition) is 2. The van der Waals surface area contributed by atoms with Crippen LogP contribution in [0.3, 0.4) is 0 Å². The fraction of sp³-hybridized carbons (Fsp3) is 0.316. The van der Waals surface area contributed by atoms with E-state index in [4.69, 9.17) is 17.0 Å². The molecule has 1 aliphatic heterocycles. The second-order valence-corrected chi connectivity index (χ2v) is 6.50. The molecule has 0 spiro atoms. The molecule has 0 aromatic heterocycles. The first kappa shape index (κ1) is 16.7. The lowest BCUT2D eigenvalue weighted by Crippen LogP contribution is -2.35. The number of nitrogens with zero attached hydrogens (tertiary/aromatic N) is 1. The first-order valence-corrected chi connectivity index (χ1v) is 8.68. The summed E-state index contributed by atoms with van der Waals surface area (Å²) in [6.45, 7) is 2.20. The standard InChI is InChI=1S/C19H23N3OS/c1-22-13-11-18(12-14-22)23-17-9-7-16(8-10-17)21-19(24)20-15-5-3-2-4-6-15/h2-10,18H,11-14H2,1H3,(H2,20,21,24). The number of hydrogen-bond acceptors (Lipinski definition) is 3. The molecule has 126 valence electrons. The van der Waals surface area contributed by atoms with Gasteiger partial charge in [-0.25, -0.2) is 0 Å². The Labute approximate surface area is 148 Å². The van der Waals surface area contributed by atoms with Crippen LogP contribution in [-0.2, 0) is 0 Å². The molecule has 0 radical (unpaired) electrons. The van der Waals surface area contributed by atoms with Gasteiger partial charge in [0.1, 0.15) is 11.9 Å². The summed E-state index contributed by atoms with van der Waals surface area (Å²) in [5, 5.41) is 6.92. The van der Waals surface area contributed by atoms with Crippen molar-refractivity contribution >= 4 is 28.7 Å². The normalized spacial score (nSPS) is 15.7. The van der Waals surface area contributed by atoms with E-state index in [1.54, 1.807) is 0 Å². The number of likely N-dealkylation sites (tertiary alicyclic amines) is 1. The molecule has 1 heterocycles. The van der Waals surface area contributed by atoms with Crippen LogP contribution in [0.2, 0.25) is 0 Å². The van der Waals surface area contributed by atoms with Crippen molar-refractivity contribution < 1.29 is 4.74 Å². The largest absolute Gasteiger partial charge is 0.490 e. The van der Waals surface area contributed by atoms with Crippen molar-refractivity contribution in [1.29, 1.82) is 0 Å². The van der Waals surface area contributed by atoms with Gasteiger partial charge in [-0.05, 0) is 68.5 Å². The molecule has 0 saturated carbocycles. The monoisotopic (exact) mass is 341 g/mol. The third-order valence-corrected chi connectivity index (χ3v) is 4.32. The quantitative estimate of drug-likeness (QED) is 0.823. The van der Waals surface area contributed by atoms with Gasteiger partial charge in [0, 0.05) is 24.5 Å². The van der Waals surface area contributed by atoms with Crippen molar-refractivity contribution in [1.82, 2.24) is 4.90 Å².